The van der Waals surface area contributed by atoms with Crippen LogP contribution in [0.15, 0.2) is 42.5 Å². The minimum absolute atomic E-state index is 0.385. The summed E-state index contributed by atoms with van der Waals surface area (Å²) in [5, 5.41) is 14.8. The van der Waals surface area contributed by atoms with Crippen molar-refractivity contribution in [3.05, 3.63) is 48.0 Å². The zero-order valence-electron chi connectivity index (χ0n) is 20.7. The summed E-state index contributed by atoms with van der Waals surface area (Å²) in [7, 11) is 4.87. The van der Waals surface area contributed by atoms with Crippen molar-refractivity contribution in [1.29, 1.82) is 0 Å². The summed E-state index contributed by atoms with van der Waals surface area (Å²) in [6.07, 6.45) is 0. The van der Waals surface area contributed by atoms with Crippen LogP contribution in [-0.2, 0) is 14.2 Å². The van der Waals surface area contributed by atoms with Crippen LogP contribution in [0.5, 0.6) is 11.5 Å². The van der Waals surface area contributed by atoms with Gasteiger partial charge in [-0.25, -0.2) is 4.79 Å². The van der Waals surface area contributed by atoms with Gasteiger partial charge in [0.15, 0.2) is 11.5 Å². The van der Waals surface area contributed by atoms with Gasteiger partial charge in [0, 0.05) is 23.2 Å². The van der Waals surface area contributed by atoms with Crippen molar-refractivity contribution in [2.75, 3.05) is 66.2 Å². The van der Waals surface area contributed by atoms with E-state index in [4.69, 9.17) is 23.7 Å². The molecule has 1 heterocycles. The van der Waals surface area contributed by atoms with E-state index < -0.39 is 0 Å². The van der Waals surface area contributed by atoms with Crippen LogP contribution in [0.1, 0.15) is 10.4 Å². The normalized spacial score (nSPS) is 11.2. The third-order valence-electron chi connectivity index (χ3n) is 5.66. The van der Waals surface area contributed by atoms with E-state index in [-0.39, 0.29) is 5.97 Å². The number of rotatable bonds is 14. The first-order valence-corrected chi connectivity index (χ1v) is 11.7. The molecule has 1 aliphatic carbocycles. The Morgan fingerprint density at radius 3 is 2.50 bits per heavy atom. The molecule has 0 fully saturated rings. The minimum atomic E-state index is -0.385. The van der Waals surface area contributed by atoms with E-state index in [9.17, 15) is 4.79 Å². The minimum Gasteiger partial charge on any atom is -0.493 e. The molecule has 1 aliphatic heterocycles. The van der Waals surface area contributed by atoms with Gasteiger partial charge in [-0.2, -0.15) is 0 Å². The lowest BCUT2D eigenvalue weighted by atomic mass is 10.2. The van der Waals surface area contributed by atoms with Crippen LogP contribution in [0.3, 0.4) is 0 Å². The number of aromatic nitrogens is 2. The average molecular weight is 497 g/mol. The number of hydrogen-bond donors (Lipinski definition) is 4. The van der Waals surface area contributed by atoms with Crippen molar-refractivity contribution >= 4 is 28.2 Å². The van der Waals surface area contributed by atoms with Crippen molar-refractivity contribution in [3.63, 3.8) is 0 Å². The van der Waals surface area contributed by atoms with Gasteiger partial charge in [0.05, 0.1) is 51.9 Å². The van der Waals surface area contributed by atoms with Crippen LogP contribution in [-0.4, -0.2) is 77.0 Å². The molecule has 4 rings (SSSR count). The molecule has 10 heteroatoms. The number of aromatic amines is 2. The third kappa shape index (κ3) is 5.91. The van der Waals surface area contributed by atoms with Gasteiger partial charge in [0.2, 0.25) is 0 Å². The van der Waals surface area contributed by atoms with Gasteiger partial charge in [-0.3, -0.25) is 10.2 Å². The van der Waals surface area contributed by atoms with Gasteiger partial charge >= 0.3 is 5.97 Å². The molecular weight excluding hydrogens is 464 g/mol. The Labute approximate surface area is 209 Å². The molecule has 0 radical (unpaired) electrons. The number of carbonyl (C=O) groups is 1. The lowest BCUT2D eigenvalue weighted by molar-refractivity contribution is 0.0373. The van der Waals surface area contributed by atoms with E-state index in [1.54, 1.807) is 25.3 Å². The summed E-state index contributed by atoms with van der Waals surface area (Å²) in [6, 6.07) is 13.1. The Balaban J connectivity index is 1.43. The largest absolute Gasteiger partial charge is 0.493 e. The van der Waals surface area contributed by atoms with Gasteiger partial charge in [-0.1, -0.05) is 6.07 Å². The predicted molar refractivity (Wildman–Crippen MR) is 138 cm³/mol. The van der Waals surface area contributed by atoms with E-state index in [0.717, 1.165) is 40.1 Å². The van der Waals surface area contributed by atoms with Gasteiger partial charge in [0.1, 0.15) is 12.4 Å². The fourth-order valence-electron chi connectivity index (χ4n) is 3.87. The molecule has 2 aromatic rings. The van der Waals surface area contributed by atoms with Crippen molar-refractivity contribution in [2.24, 2.45) is 0 Å². The van der Waals surface area contributed by atoms with E-state index >= 15 is 0 Å². The quantitative estimate of drug-likeness (QED) is 0.154. The highest BCUT2D eigenvalue weighted by atomic mass is 16.6. The van der Waals surface area contributed by atoms with Gasteiger partial charge < -0.3 is 34.3 Å². The molecule has 2 aromatic carbocycles. The summed E-state index contributed by atoms with van der Waals surface area (Å²) in [5.41, 5.74) is 3.13. The standard InChI is InChI=1S/C26H32N4O6/c1-27-7-8-34-9-10-35-11-12-36-23-15-18-14-21-24(20(18)16-22(23)32-2)29-30-25(21)28-19-6-4-5-17(13-19)26(31)33-3/h4-6,13-16,27-30H,7-12H2,1-3H3. The van der Waals surface area contributed by atoms with Crippen molar-refractivity contribution in [2.45, 2.75) is 0 Å². The number of likely N-dealkylation sites (N-methyl/N-ethyl adjacent to an activating group) is 1. The molecule has 0 unspecified atom stereocenters. The van der Waals surface area contributed by atoms with Crippen LogP contribution in [0.4, 0.5) is 11.5 Å². The average Bonchev–Trinajstić information content (AvgIpc) is 3.45. The molecule has 36 heavy (non-hydrogen) atoms. The van der Waals surface area contributed by atoms with E-state index in [1.165, 1.54) is 7.11 Å². The molecule has 0 saturated carbocycles. The van der Waals surface area contributed by atoms with Crippen LogP contribution < -0.4 is 20.1 Å². The first-order valence-electron chi connectivity index (χ1n) is 11.7. The van der Waals surface area contributed by atoms with E-state index in [2.05, 4.69) is 26.9 Å². The van der Waals surface area contributed by atoms with Crippen molar-refractivity contribution in [1.82, 2.24) is 15.5 Å². The molecule has 0 bridgehead atoms. The number of ether oxygens (including phenoxy) is 5. The fourth-order valence-corrected chi connectivity index (χ4v) is 3.87. The Hall–Kier alpha value is -3.73. The molecule has 2 aliphatic rings. The highest BCUT2D eigenvalue weighted by Gasteiger charge is 2.20. The van der Waals surface area contributed by atoms with Crippen LogP contribution in [0, 0.1) is 0 Å². The second kappa shape index (κ2) is 12.3. The predicted octanol–water partition coefficient (Wildman–Crippen LogP) is 3.77. The second-order valence-corrected chi connectivity index (χ2v) is 8.02. The first-order chi connectivity index (χ1) is 17.6. The summed E-state index contributed by atoms with van der Waals surface area (Å²) in [5.74, 6) is 1.68. The summed E-state index contributed by atoms with van der Waals surface area (Å²) < 4.78 is 27.4. The number of H-pyrrole nitrogens is 2. The summed E-state index contributed by atoms with van der Waals surface area (Å²) >= 11 is 0. The summed E-state index contributed by atoms with van der Waals surface area (Å²) in [4.78, 5) is 11.9. The number of carbonyl (C=O) groups excluding carboxylic acids is 1. The summed E-state index contributed by atoms with van der Waals surface area (Å²) in [6.45, 7) is 3.40. The molecule has 192 valence electrons. The maximum atomic E-state index is 11.9. The Morgan fingerprint density at radius 2 is 1.72 bits per heavy atom. The van der Waals surface area contributed by atoms with Crippen LogP contribution in [0.25, 0.3) is 22.0 Å². The Kier molecular flexibility index (Phi) is 8.66. The first kappa shape index (κ1) is 25.4. The lowest BCUT2D eigenvalue weighted by Crippen LogP contribution is -2.17. The highest BCUT2D eigenvalue weighted by molar-refractivity contribution is 6.05. The maximum absolute atomic E-state index is 11.9. The number of fused-ring (bicyclic) bond motifs is 3. The van der Waals surface area contributed by atoms with Crippen LogP contribution >= 0.6 is 0 Å². The zero-order chi connectivity index (χ0) is 25.3. The van der Waals surface area contributed by atoms with Crippen molar-refractivity contribution < 1.29 is 28.5 Å². The SMILES string of the molecule is CNCCOCCOCCOc1cc2cc3c(Nc4cccc(C(=O)OC)c4)[nH][nH]c-3c2cc1OC. The maximum Gasteiger partial charge on any atom is 0.337 e. The van der Waals surface area contributed by atoms with Crippen molar-refractivity contribution in [3.8, 4) is 22.8 Å². The number of benzene rings is 2. The molecule has 10 nitrogen and oxygen atoms in total. The smallest absolute Gasteiger partial charge is 0.337 e. The molecular formula is C26H32N4O6. The zero-order valence-corrected chi connectivity index (χ0v) is 20.7. The Bertz CT molecular complexity index is 1250. The second-order valence-electron chi connectivity index (χ2n) is 8.02. The highest BCUT2D eigenvalue weighted by Crippen LogP contribution is 2.42. The molecule has 0 atom stereocenters. The van der Waals surface area contributed by atoms with E-state index in [0.29, 0.717) is 50.1 Å². The van der Waals surface area contributed by atoms with E-state index in [1.807, 2.05) is 25.2 Å². The molecule has 0 spiro atoms. The van der Waals surface area contributed by atoms with Crippen LogP contribution in [0.2, 0.25) is 0 Å². The monoisotopic (exact) mass is 496 g/mol. The number of esters is 1. The lowest BCUT2D eigenvalue weighted by Gasteiger charge is -2.11. The van der Waals surface area contributed by atoms with Gasteiger partial charge in [-0.15, -0.1) is 0 Å². The Morgan fingerprint density at radius 1 is 0.917 bits per heavy atom. The fraction of sp³-hybridized carbons (Fsp3) is 0.346. The molecule has 4 N–H and O–H groups in total. The topological polar surface area (TPSA) is 119 Å². The molecule has 0 aromatic heterocycles. The molecule has 0 amide bonds. The molecule has 0 saturated heterocycles. The number of anilines is 2. The number of nitrogens with one attached hydrogen (secondary N) is 4. The number of methoxy groups -OCH3 is 2. The third-order valence-corrected chi connectivity index (χ3v) is 5.66. The van der Waals surface area contributed by atoms with Gasteiger partial charge in [0.25, 0.3) is 0 Å². The van der Waals surface area contributed by atoms with Gasteiger partial charge in [-0.05, 0) is 48.8 Å². The number of hydrogen-bond acceptors (Lipinski definition) is 8.